The van der Waals surface area contributed by atoms with Gasteiger partial charge in [0.05, 0.1) is 18.9 Å². The molecule has 0 spiro atoms. The molecule has 0 saturated heterocycles. The zero-order valence-electron chi connectivity index (χ0n) is 13.3. The number of carbonyl (C=O) groups is 1. The number of benzene rings is 1. The predicted molar refractivity (Wildman–Crippen MR) is 87.3 cm³/mol. The van der Waals surface area contributed by atoms with Gasteiger partial charge in [0, 0.05) is 23.9 Å². The number of rotatable bonds is 3. The van der Waals surface area contributed by atoms with Crippen LogP contribution in [0.1, 0.15) is 34.0 Å². The van der Waals surface area contributed by atoms with Crippen molar-refractivity contribution >= 4 is 11.6 Å². The van der Waals surface area contributed by atoms with Gasteiger partial charge < -0.3 is 9.47 Å². The summed E-state index contributed by atoms with van der Waals surface area (Å²) in [7, 11) is 0. The van der Waals surface area contributed by atoms with E-state index in [9.17, 15) is 4.79 Å². The summed E-state index contributed by atoms with van der Waals surface area (Å²) >= 11 is 0. The van der Waals surface area contributed by atoms with E-state index in [2.05, 4.69) is 10.1 Å². The minimum Gasteiger partial charge on any atom is -0.493 e. The van der Waals surface area contributed by atoms with Gasteiger partial charge in [0.25, 0.3) is 0 Å². The van der Waals surface area contributed by atoms with Crippen molar-refractivity contribution in [2.75, 3.05) is 13.2 Å². The molecule has 0 radical (unpaired) electrons. The van der Waals surface area contributed by atoms with Gasteiger partial charge in [0.15, 0.2) is 5.65 Å². The summed E-state index contributed by atoms with van der Waals surface area (Å²) in [5.41, 5.74) is 2.65. The Balaban J connectivity index is 1.54. The molecule has 6 heteroatoms. The van der Waals surface area contributed by atoms with Gasteiger partial charge in [-0.05, 0) is 25.5 Å². The summed E-state index contributed by atoms with van der Waals surface area (Å²) in [6.07, 6.45) is 4.24. The fourth-order valence-electron chi connectivity index (χ4n) is 3.07. The maximum atomic E-state index is 12.5. The molecule has 3 aromatic rings. The van der Waals surface area contributed by atoms with Gasteiger partial charge in [-0.1, -0.05) is 18.2 Å². The number of aromatic nitrogens is 3. The lowest BCUT2D eigenvalue weighted by Gasteiger charge is -2.25. The first kappa shape index (κ1) is 14.7. The van der Waals surface area contributed by atoms with Crippen LogP contribution in [0.15, 0.2) is 42.7 Å². The minimum absolute atomic E-state index is 0.147. The van der Waals surface area contributed by atoms with Crippen LogP contribution in [0.5, 0.6) is 5.75 Å². The first-order valence-corrected chi connectivity index (χ1v) is 7.93. The number of hydrogen-bond acceptors (Lipinski definition) is 5. The highest BCUT2D eigenvalue weighted by atomic mass is 16.5. The Morgan fingerprint density at radius 3 is 3.17 bits per heavy atom. The second-order valence-corrected chi connectivity index (χ2v) is 5.82. The molecule has 0 N–H and O–H groups in total. The number of hydrogen-bond donors (Lipinski definition) is 0. The van der Waals surface area contributed by atoms with E-state index in [0.29, 0.717) is 30.1 Å². The Labute approximate surface area is 139 Å². The number of para-hydroxylation sites is 1. The second kappa shape index (κ2) is 5.96. The van der Waals surface area contributed by atoms with E-state index in [1.54, 1.807) is 29.9 Å². The van der Waals surface area contributed by atoms with Gasteiger partial charge in [-0.2, -0.15) is 5.10 Å². The lowest BCUT2D eigenvalue weighted by Crippen LogP contribution is -2.20. The molecule has 4 rings (SSSR count). The van der Waals surface area contributed by atoms with Crippen LogP contribution in [0.2, 0.25) is 0 Å². The number of ether oxygens (including phenoxy) is 2. The normalized spacial score (nSPS) is 16.5. The first-order chi connectivity index (χ1) is 11.7. The summed E-state index contributed by atoms with van der Waals surface area (Å²) in [6, 6.07) is 9.66. The van der Waals surface area contributed by atoms with Gasteiger partial charge >= 0.3 is 5.97 Å². The molecule has 0 bridgehead atoms. The number of esters is 1. The number of aryl methyl sites for hydroxylation is 1. The molecule has 0 amide bonds. The maximum Gasteiger partial charge on any atom is 0.343 e. The van der Waals surface area contributed by atoms with Crippen molar-refractivity contribution in [3.05, 3.63) is 59.5 Å². The van der Waals surface area contributed by atoms with Gasteiger partial charge in [-0.15, -0.1) is 0 Å². The average molecular weight is 323 g/mol. The van der Waals surface area contributed by atoms with Crippen LogP contribution in [0.4, 0.5) is 0 Å². The molecular weight excluding hydrogens is 306 g/mol. The van der Waals surface area contributed by atoms with Crippen LogP contribution in [0.3, 0.4) is 0 Å². The molecule has 1 aliphatic rings. The molecule has 1 aliphatic heterocycles. The lowest BCUT2D eigenvalue weighted by molar-refractivity contribution is 0.0460. The second-order valence-electron chi connectivity index (χ2n) is 5.82. The van der Waals surface area contributed by atoms with E-state index < -0.39 is 0 Å². The van der Waals surface area contributed by atoms with E-state index in [0.717, 1.165) is 17.7 Å². The highest BCUT2D eigenvalue weighted by molar-refractivity contribution is 5.97. The van der Waals surface area contributed by atoms with Crippen LogP contribution in [-0.2, 0) is 4.74 Å². The molecule has 24 heavy (non-hydrogen) atoms. The minimum atomic E-state index is -0.384. The highest BCUT2D eigenvalue weighted by Gasteiger charge is 2.25. The third kappa shape index (κ3) is 2.50. The zero-order valence-corrected chi connectivity index (χ0v) is 13.3. The van der Waals surface area contributed by atoms with E-state index >= 15 is 0 Å². The fraction of sp³-hybridized carbons (Fsp3) is 0.278. The van der Waals surface area contributed by atoms with Crippen molar-refractivity contribution in [2.45, 2.75) is 19.3 Å². The third-order valence-corrected chi connectivity index (χ3v) is 4.27. The molecule has 1 atom stereocenters. The van der Waals surface area contributed by atoms with E-state index in [4.69, 9.17) is 9.47 Å². The van der Waals surface area contributed by atoms with Crippen LogP contribution in [0, 0.1) is 6.92 Å². The molecular formula is C18H17N3O3. The quantitative estimate of drug-likeness (QED) is 0.693. The number of fused-ring (bicyclic) bond motifs is 2. The van der Waals surface area contributed by atoms with Gasteiger partial charge in [-0.25, -0.2) is 14.3 Å². The summed E-state index contributed by atoms with van der Waals surface area (Å²) in [5.74, 6) is 0.637. The molecule has 0 aliphatic carbocycles. The monoisotopic (exact) mass is 323 g/mol. The smallest absolute Gasteiger partial charge is 0.343 e. The van der Waals surface area contributed by atoms with Gasteiger partial charge in [0.1, 0.15) is 11.3 Å². The van der Waals surface area contributed by atoms with Crippen LogP contribution in [-0.4, -0.2) is 33.8 Å². The van der Waals surface area contributed by atoms with E-state index in [1.165, 1.54) is 0 Å². The summed E-state index contributed by atoms with van der Waals surface area (Å²) in [6.45, 7) is 2.74. The van der Waals surface area contributed by atoms with Crippen LogP contribution >= 0.6 is 0 Å². The Hall–Kier alpha value is -2.89. The molecule has 0 saturated carbocycles. The molecule has 2 aromatic heterocycles. The average Bonchev–Trinajstić information content (AvgIpc) is 2.95. The molecule has 6 nitrogen and oxygen atoms in total. The lowest BCUT2D eigenvalue weighted by atomic mass is 9.94. The van der Waals surface area contributed by atoms with Crippen molar-refractivity contribution in [3.63, 3.8) is 0 Å². The summed E-state index contributed by atoms with van der Waals surface area (Å²) in [5, 5.41) is 4.30. The Kier molecular flexibility index (Phi) is 3.65. The fourth-order valence-corrected chi connectivity index (χ4v) is 3.07. The van der Waals surface area contributed by atoms with Gasteiger partial charge in [0.2, 0.25) is 0 Å². The van der Waals surface area contributed by atoms with Crippen LogP contribution < -0.4 is 4.74 Å². The van der Waals surface area contributed by atoms with Crippen molar-refractivity contribution < 1.29 is 14.3 Å². The molecule has 3 heterocycles. The van der Waals surface area contributed by atoms with Crippen molar-refractivity contribution in [1.82, 2.24) is 14.6 Å². The number of carbonyl (C=O) groups excluding carboxylic acids is 1. The number of nitrogens with zero attached hydrogens (tertiary/aromatic N) is 3. The first-order valence-electron chi connectivity index (χ1n) is 7.93. The van der Waals surface area contributed by atoms with Gasteiger partial charge in [-0.3, -0.25) is 0 Å². The largest absolute Gasteiger partial charge is 0.493 e. The van der Waals surface area contributed by atoms with E-state index in [1.807, 2.05) is 24.3 Å². The maximum absolute atomic E-state index is 12.5. The molecule has 0 fully saturated rings. The molecule has 0 unspecified atom stereocenters. The van der Waals surface area contributed by atoms with Crippen molar-refractivity contribution in [3.8, 4) is 5.75 Å². The van der Waals surface area contributed by atoms with E-state index in [-0.39, 0.29) is 11.9 Å². The zero-order chi connectivity index (χ0) is 16.5. The highest BCUT2D eigenvalue weighted by Crippen LogP contribution is 2.33. The Bertz CT molecular complexity index is 903. The van der Waals surface area contributed by atoms with Crippen molar-refractivity contribution in [2.24, 2.45) is 0 Å². The Morgan fingerprint density at radius 1 is 1.38 bits per heavy atom. The Morgan fingerprint density at radius 2 is 2.25 bits per heavy atom. The standard InChI is InChI=1S/C18H17N3O3/c1-12-16(17-19-8-4-9-21(17)20-12)18(22)24-11-13-7-10-23-15-6-3-2-5-14(13)15/h2-6,8-9,13H,7,10-11H2,1H3/t13-/m1/s1. The topological polar surface area (TPSA) is 65.7 Å². The summed E-state index contributed by atoms with van der Waals surface area (Å²) in [4.78, 5) is 16.8. The molecule has 1 aromatic carbocycles. The van der Waals surface area contributed by atoms with Crippen molar-refractivity contribution in [1.29, 1.82) is 0 Å². The van der Waals surface area contributed by atoms with Crippen LogP contribution in [0.25, 0.3) is 5.65 Å². The summed E-state index contributed by atoms with van der Waals surface area (Å²) < 4.78 is 12.8. The predicted octanol–water partition coefficient (Wildman–Crippen LogP) is 2.76. The molecule has 122 valence electrons. The SMILES string of the molecule is Cc1nn2cccnc2c1C(=O)OC[C@H]1CCOc2ccccc21. The third-order valence-electron chi connectivity index (χ3n) is 4.27.